The van der Waals surface area contributed by atoms with Crippen molar-refractivity contribution in [1.82, 2.24) is 10.2 Å². The minimum atomic E-state index is -0.201. The minimum Gasteiger partial charge on any atom is -0.356 e. The maximum Gasteiger partial charge on any atom is 0.226 e. The Hall–Kier alpha value is -2.62. The Morgan fingerprint density at radius 1 is 0.963 bits per heavy atom. The fourth-order valence-electron chi connectivity index (χ4n) is 3.62. The van der Waals surface area contributed by atoms with Crippen LogP contribution in [0.25, 0.3) is 0 Å². The Morgan fingerprint density at radius 2 is 1.63 bits per heavy atom. The number of amides is 2. The first kappa shape index (κ1) is 19.2. The highest BCUT2D eigenvalue weighted by molar-refractivity contribution is 5.86. The number of hydrogen-bond acceptors (Lipinski definition) is 2. The third-order valence-electron chi connectivity index (χ3n) is 5.12. The molecule has 2 aromatic carbocycles. The predicted octanol–water partition coefficient (Wildman–Crippen LogP) is 3.56. The van der Waals surface area contributed by atoms with Crippen LogP contribution in [0.3, 0.4) is 0 Å². The van der Waals surface area contributed by atoms with E-state index in [0.717, 1.165) is 37.8 Å². The average molecular weight is 364 g/mol. The van der Waals surface area contributed by atoms with E-state index >= 15 is 0 Å². The van der Waals surface area contributed by atoms with Gasteiger partial charge >= 0.3 is 0 Å². The van der Waals surface area contributed by atoms with E-state index in [2.05, 4.69) is 17.4 Å². The number of rotatable bonds is 7. The second-order valence-electron chi connectivity index (χ2n) is 7.23. The molecule has 4 heteroatoms. The number of carbonyl (C=O) groups excluding carboxylic acids is 2. The van der Waals surface area contributed by atoms with E-state index in [1.54, 1.807) is 0 Å². The number of likely N-dealkylation sites (tertiary alicyclic amines) is 1. The topological polar surface area (TPSA) is 49.4 Å². The van der Waals surface area contributed by atoms with Crippen molar-refractivity contribution in [3.8, 4) is 0 Å². The summed E-state index contributed by atoms with van der Waals surface area (Å²) in [6, 6.07) is 20.2. The molecule has 4 nitrogen and oxygen atoms in total. The van der Waals surface area contributed by atoms with Crippen molar-refractivity contribution < 1.29 is 9.59 Å². The van der Waals surface area contributed by atoms with Gasteiger partial charge in [0.1, 0.15) is 0 Å². The van der Waals surface area contributed by atoms with Crippen molar-refractivity contribution >= 4 is 11.8 Å². The summed E-state index contributed by atoms with van der Waals surface area (Å²) in [4.78, 5) is 27.2. The van der Waals surface area contributed by atoms with Crippen molar-refractivity contribution in [2.75, 3.05) is 13.1 Å². The molecule has 1 aliphatic rings. The summed E-state index contributed by atoms with van der Waals surface area (Å²) in [5.41, 5.74) is 2.34. The van der Waals surface area contributed by atoms with Crippen LogP contribution in [0.1, 0.15) is 36.8 Å². The van der Waals surface area contributed by atoms with E-state index in [9.17, 15) is 9.59 Å². The predicted molar refractivity (Wildman–Crippen MR) is 107 cm³/mol. The third-order valence-corrected chi connectivity index (χ3v) is 5.12. The van der Waals surface area contributed by atoms with E-state index in [-0.39, 0.29) is 17.7 Å². The lowest BCUT2D eigenvalue weighted by atomic mass is 9.98. The van der Waals surface area contributed by atoms with Crippen molar-refractivity contribution in [3.63, 3.8) is 0 Å². The number of hydrogen-bond donors (Lipinski definition) is 1. The Bertz CT molecular complexity index is 731. The number of benzene rings is 2. The van der Waals surface area contributed by atoms with Crippen molar-refractivity contribution in [2.24, 2.45) is 5.92 Å². The van der Waals surface area contributed by atoms with Gasteiger partial charge < -0.3 is 10.2 Å². The fraction of sp³-hybridized carbons (Fsp3) is 0.391. The molecule has 0 saturated carbocycles. The van der Waals surface area contributed by atoms with E-state index in [1.807, 2.05) is 53.4 Å². The lowest BCUT2D eigenvalue weighted by Gasteiger charge is -2.24. The van der Waals surface area contributed by atoms with Crippen LogP contribution < -0.4 is 5.32 Å². The summed E-state index contributed by atoms with van der Waals surface area (Å²) in [5.74, 6) is -0.103. The smallest absolute Gasteiger partial charge is 0.226 e. The van der Waals surface area contributed by atoms with Crippen LogP contribution in [0.5, 0.6) is 0 Å². The summed E-state index contributed by atoms with van der Waals surface area (Å²) in [6.07, 6.45) is 3.91. The molecule has 3 rings (SSSR count). The lowest BCUT2D eigenvalue weighted by Crippen LogP contribution is -2.37. The molecule has 2 amide bonds. The summed E-state index contributed by atoms with van der Waals surface area (Å²) in [5, 5.41) is 2.97. The van der Waals surface area contributed by atoms with Gasteiger partial charge in [-0.1, -0.05) is 67.1 Å². The van der Waals surface area contributed by atoms with Crippen LogP contribution in [0.15, 0.2) is 60.7 Å². The van der Waals surface area contributed by atoms with Gasteiger partial charge in [0, 0.05) is 32.0 Å². The van der Waals surface area contributed by atoms with Crippen LogP contribution in [-0.4, -0.2) is 29.8 Å². The SMILES string of the molecule is O=C(CC1CCCCN(Cc2ccccc2)C1=O)NCCc1ccccc1. The van der Waals surface area contributed by atoms with Crippen LogP contribution in [0, 0.1) is 5.92 Å². The molecule has 1 atom stereocenters. The monoisotopic (exact) mass is 364 g/mol. The lowest BCUT2D eigenvalue weighted by molar-refractivity contribution is -0.138. The van der Waals surface area contributed by atoms with Gasteiger partial charge in [0.05, 0.1) is 0 Å². The molecule has 142 valence electrons. The van der Waals surface area contributed by atoms with Gasteiger partial charge in [-0.15, -0.1) is 0 Å². The van der Waals surface area contributed by atoms with E-state index in [0.29, 0.717) is 19.5 Å². The van der Waals surface area contributed by atoms with Gasteiger partial charge in [-0.25, -0.2) is 0 Å². The zero-order valence-corrected chi connectivity index (χ0v) is 15.8. The Labute approximate surface area is 161 Å². The van der Waals surface area contributed by atoms with Gasteiger partial charge in [0.2, 0.25) is 11.8 Å². The molecule has 1 N–H and O–H groups in total. The average Bonchev–Trinajstić information content (AvgIpc) is 2.86. The molecular weight excluding hydrogens is 336 g/mol. The first-order chi connectivity index (χ1) is 13.2. The van der Waals surface area contributed by atoms with Crippen molar-refractivity contribution in [1.29, 1.82) is 0 Å². The fourth-order valence-corrected chi connectivity index (χ4v) is 3.62. The zero-order valence-electron chi connectivity index (χ0n) is 15.8. The molecule has 1 aliphatic heterocycles. The summed E-state index contributed by atoms with van der Waals surface area (Å²) >= 11 is 0. The first-order valence-electron chi connectivity index (χ1n) is 9.86. The highest BCUT2D eigenvalue weighted by Gasteiger charge is 2.28. The summed E-state index contributed by atoms with van der Waals surface area (Å²) < 4.78 is 0. The largest absolute Gasteiger partial charge is 0.356 e. The Kier molecular flexibility index (Phi) is 7.03. The normalized spacial score (nSPS) is 17.4. The maximum atomic E-state index is 12.9. The third kappa shape index (κ3) is 5.95. The molecule has 0 bridgehead atoms. The number of carbonyl (C=O) groups is 2. The van der Waals surface area contributed by atoms with Gasteiger partial charge in [-0.3, -0.25) is 9.59 Å². The molecule has 2 aromatic rings. The van der Waals surface area contributed by atoms with Gasteiger partial charge in [0.15, 0.2) is 0 Å². The quantitative estimate of drug-likeness (QED) is 0.817. The molecule has 1 heterocycles. The second-order valence-corrected chi connectivity index (χ2v) is 7.23. The highest BCUT2D eigenvalue weighted by atomic mass is 16.2. The first-order valence-corrected chi connectivity index (χ1v) is 9.86. The molecule has 1 saturated heterocycles. The van der Waals surface area contributed by atoms with Gasteiger partial charge in [0.25, 0.3) is 0 Å². The van der Waals surface area contributed by atoms with Crippen molar-refractivity contribution in [2.45, 2.75) is 38.6 Å². The van der Waals surface area contributed by atoms with E-state index in [1.165, 1.54) is 5.56 Å². The molecular formula is C23H28N2O2. The summed E-state index contributed by atoms with van der Waals surface area (Å²) in [7, 11) is 0. The van der Waals surface area contributed by atoms with Gasteiger partial charge in [-0.2, -0.15) is 0 Å². The Morgan fingerprint density at radius 3 is 2.33 bits per heavy atom. The Balaban J connectivity index is 1.50. The molecule has 0 radical (unpaired) electrons. The van der Waals surface area contributed by atoms with Gasteiger partial charge in [-0.05, 0) is 30.4 Å². The summed E-state index contributed by atoms with van der Waals surface area (Å²) in [6.45, 7) is 2.02. The molecule has 0 aromatic heterocycles. The molecule has 27 heavy (non-hydrogen) atoms. The molecule has 1 unspecified atom stereocenters. The minimum absolute atomic E-state index is 0.0224. The maximum absolute atomic E-state index is 12.9. The number of nitrogens with zero attached hydrogens (tertiary/aromatic N) is 1. The van der Waals surface area contributed by atoms with E-state index < -0.39 is 0 Å². The highest BCUT2D eigenvalue weighted by Crippen LogP contribution is 2.22. The van der Waals surface area contributed by atoms with Crippen LogP contribution in [-0.2, 0) is 22.6 Å². The van der Waals surface area contributed by atoms with Crippen LogP contribution in [0.2, 0.25) is 0 Å². The molecule has 0 aliphatic carbocycles. The van der Waals surface area contributed by atoms with E-state index in [4.69, 9.17) is 0 Å². The van der Waals surface area contributed by atoms with Crippen LogP contribution in [0.4, 0.5) is 0 Å². The molecule has 0 spiro atoms. The zero-order chi connectivity index (χ0) is 18.9. The van der Waals surface area contributed by atoms with Crippen LogP contribution >= 0.6 is 0 Å². The van der Waals surface area contributed by atoms with Crippen molar-refractivity contribution in [3.05, 3.63) is 71.8 Å². The molecule has 1 fully saturated rings. The standard InChI is InChI=1S/C23H28N2O2/c26-22(24-15-14-19-9-3-1-4-10-19)17-21-13-7-8-16-25(23(21)27)18-20-11-5-2-6-12-20/h1-6,9-12,21H,7-8,13-18H2,(H,24,26). The number of nitrogens with one attached hydrogen (secondary N) is 1. The second kappa shape index (κ2) is 9.91.